The number of aryl methyl sites for hydroxylation is 1. The molecule has 0 aliphatic heterocycles. The van der Waals surface area contributed by atoms with Crippen LogP contribution in [0.25, 0.3) is 0 Å². The number of hydrogen-bond donors (Lipinski definition) is 1. The molecule has 0 spiro atoms. The highest BCUT2D eigenvalue weighted by atomic mass is 14.9. The van der Waals surface area contributed by atoms with Gasteiger partial charge in [-0.1, -0.05) is 43.7 Å². The second kappa shape index (κ2) is 7.45. The van der Waals surface area contributed by atoms with Gasteiger partial charge in [0.1, 0.15) is 0 Å². The fourth-order valence-electron chi connectivity index (χ4n) is 4.00. The summed E-state index contributed by atoms with van der Waals surface area (Å²) in [5.74, 6) is 2.85. The van der Waals surface area contributed by atoms with Gasteiger partial charge in [-0.3, -0.25) is 0 Å². The summed E-state index contributed by atoms with van der Waals surface area (Å²) >= 11 is 0. The molecule has 2 saturated carbocycles. The summed E-state index contributed by atoms with van der Waals surface area (Å²) in [4.78, 5) is 0. The molecule has 0 heterocycles. The molecule has 2 aliphatic carbocycles. The quantitative estimate of drug-likeness (QED) is 0.758. The smallest absolute Gasteiger partial charge is 0.00683 e. The third kappa shape index (κ3) is 4.85. The minimum atomic E-state index is 0.870. The molecule has 0 radical (unpaired) electrons. The first kappa shape index (κ1) is 15.1. The maximum atomic E-state index is 3.78. The molecule has 21 heavy (non-hydrogen) atoms. The summed E-state index contributed by atoms with van der Waals surface area (Å²) in [6.45, 7) is 3.74. The van der Waals surface area contributed by atoms with E-state index in [4.69, 9.17) is 0 Å². The van der Waals surface area contributed by atoms with Gasteiger partial charge in [0.15, 0.2) is 0 Å². The third-order valence-corrected chi connectivity index (χ3v) is 5.53. The van der Waals surface area contributed by atoms with E-state index in [-0.39, 0.29) is 0 Å². The third-order valence-electron chi connectivity index (χ3n) is 5.53. The Hall–Kier alpha value is -0.820. The lowest BCUT2D eigenvalue weighted by atomic mass is 9.72. The molecular formula is C20H31N. The minimum Gasteiger partial charge on any atom is -0.314 e. The lowest BCUT2D eigenvalue weighted by molar-refractivity contribution is 0.172. The van der Waals surface area contributed by atoms with Gasteiger partial charge in [0, 0.05) is 6.04 Å². The van der Waals surface area contributed by atoms with Gasteiger partial charge in [-0.25, -0.2) is 0 Å². The zero-order chi connectivity index (χ0) is 14.5. The molecule has 1 aromatic carbocycles. The zero-order valence-corrected chi connectivity index (χ0v) is 13.6. The van der Waals surface area contributed by atoms with Crippen molar-refractivity contribution in [1.82, 2.24) is 5.32 Å². The van der Waals surface area contributed by atoms with Gasteiger partial charge in [0.25, 0.3) is 0 Å². The van der Waals surface area contributed by atoms with Crippen LogP contribution >= 0.6 is 0 Å². The van der Waals surface area contributed by atoms with Crippen LogP contribution in [0, 0.1) is 17.8 Å². The molecule has 0 aromatic heterocycles. The Morgan fingerprint density at radius 3 is 2.57 bits per heavy atom. The van der Waals surface area contributed by atoms with Gasteiger partial charge in [-0.15, -0.1) is 0 Å². The molecule has 3 atom stereocenters. The van der Waals surface area contributed by atoms with Crippen LogP contribution in [0.5, 0.6) is 0 Å². The van der Waals surface area contributed by atoms with Gasteiger partial charge in [-0.2, -0.15) is 0 Å². The molecule has 116 valence electrons. The van der Waals surface area contributed by atoms with Gasteiger partial charge in [-0.05, 0) is 74.8 Å². The van der Waals surface area contributed by atoms with E-state index in [1.807, 2.05) is 0 Å². The summed E-state index contributed by atoms with van der Waals surface area (Å²) in [6.07, 6.45) is 11.3. The van der Waals surface area contributed by atoms with Crippen LogP contribution in [0.4, 0.5) is 0 Å². The van der Waals surface area contributed by atoms with E-state index in [0.29, 0.717) is 0 Å². The van der Waals surface area contributed by atoms with Crippen molar-refractivity contribution in [2.24, 2.45) is 17.8 Å². The van der Waals surface area contributed by atoms with E-state index in [2.05, 4.69) is 42.6 Å². The molecule has 0 saturated heterocycles. The highest BCUT2D eigenvalue weighted by Crippen LogP contribution is 2.37. The van der Waals surface area contributed by atoms with Gasteiger partial charge < -0.3 is 5.32 Å². The first-order chi connectivity index (χ1) is 10.3. The molecular weight excluding hydrogens is 254 g/mol. The van der Waals surface area contributed by atoms with Gasteiger partial charge in [0.05, 0.1) is 0 Å². The normalized spacial score (nSPS) is 29.5. The molecule has 0 amide bonds. The van der Waals surface area contributed by atoms with Crippen molar-refractivity contribution in [3.63, 3.8) is 0 Å². The van der Waals surface area contributed by atoms with E-state index in [0.717, 1.165) is 23.8 Å². The lowest BCUT2D eigenvalue weighted by Gasteiger charge is -2.35. The topological polar surface area (TPSA) is 12.0 Å². The maximum absolute atomic E-state index is 3.78. The highest BCUT2D eigenvalue weighted by molar-refractivity contribution is 5.14. The Kier molecular flexibility index (Phi) is 5.35. The van der Waals surface area contributed by atoms with Crippen molar-refractivity contribution >= 4 is 0 Å². The van der Waals surface area contributed by atoms with Crippen molar-refractivity contribution in [3.05, 3.63) is 35.9 Å². The van der Waals surface area contributed by atoms with Gasteiger partial charge in [0.2, 0.25) is 0 Å². The molecule has 2 fully saturated rings. The second-order valence-electron chi connectivity index (χ2n) is 7.50. The van der Waals surface area contributed by atoms with Crippen LogP contribution < -0.4 is 5.32 Å². The van der Waals surface area contributed by atoms with Crippen molar-refractivity contribution in [3.8, 4) is 0 Å². The monoisotopic (exact) mass is 285 g/mol. The fourth-order valence-corrected chi connectivity index (χ4v) is 4.00. The number of nitrogens with one attached hydrogen (secondary N) is 1. The fraction of sp³-hybridized carbons (Fsp3) is 0.700. The molecule has 1 aromatic rings. The molecule has 1 nitrogen and oxygen atoms in total. The molecule has 0 bridgehead atoms. The Bertz CT molecular complexity index is 409. The number of benzene rings is 1. The Morgan fingerprint density at radius 2 is 1.81 bits per heavy atom. The Labute approximate surface area is 130 Å². The van der Waals surface area contributed by atoms with Crippen LogP contribution in [0.2, 0.25) is 0 Å². The van der Waals surface area contributed by atoms with Crippen molar-refractivity contribution < 1.29 is 0 Å². The Morgan fingerprint density at radius 1 is 1.00 bits per heavy atom. The molecule has 3 rings (SSSR count). The predicted molar refractivity (Wildman–Crippen MR) is 90.4 cm³/mol. The summed E-state index contributed by atoms with van der Waals surface area (Å²) < 4.78 is 0. The van der Waals surface area contributed by atoms with Gasteiger partial charge >= 0.3 is 0 Å². The number of rotatable bonds is 7. The Balaban J connectivity index is 1.45. The summed E-state index contributed by atoms with van der Waals surface area (Å²) in [6, 6.07) is 11.9. The second-order valence-corrected chi connectivity index (χ2v) is 7.50. The van der Waals surface area contributed by atoms with Crippen LogP contribution in [0.3, 0.4) is 0 Å². The van der Waals surface area contributed by atoms with E-state index in [1.165, 1.54) is 63.5 Å². The van der Waals surface area contributed by atoms with E-state index in [9.17, 15) is 0 Å². The summed E-state index contributed by atoms with van der Waals surface area (Å²) in [5.41, 5.74) is 1.51. The first-order valence-electron chi connectivity index (χ1n) is 9.08. The molecule has 2 aliphatic rings. The standard InChI is InChI=1S/C20H31N/c1-16-10-11-19(15-21-20-12-13-20)18(14-16)9-5-8-17-6-3-2-4-7-17/h2-4,6-7,16,18-21H,5,8-15H2,1H3. The SMILES string of the molecule is CC1CCC(CNC2CC2)C(CCCc2ccccc2)C1. The van der Waals surface area contributed by atoms with E-state index < -0.39 is 0 Å². The molecule has 1 heteroatoms. The average Bonchev–Trinajstić information content (AvgIpc) is 3.32. The minimum absolute atomic E-state index is 0.870. The first-order valence-corrected chi connectivity index (χ1v) is 9.08. The number of hydrogen-bond acceptors (Lipinski definition) is 1. The van der Waals surface area contributed by atoms with Crippen LogP contribution in [0.1, 0.15) is 57.4 Å². The van der Waals surface area contributed by atoms with Crippen LogP contribution in [0.15, 0.2) is 30.3 Å². The molecule has 3 unspecified atom stereocenters. The van der Waals surface area contributed by atoms with Crippen LogP contribution in [-0.4, -0.2) is 12.6 Å². The van der Waals surface area contributed by atoms with E-state index in [1.54, 1.807) is 0 Å². The summed E-state index contributed by atoms with van der Waals surface area (Å²) in [7, 11) is 0. The van der Waals surface area contributed by atoms with Crippen molar-refractivity contribution in [2.75, 3.05) is 6.54 Å². The summed E-state index contributed by atoms with van der Waals surface area (Å²) in [5, 5.41) is 3.78. The maximum Gasteiger partial charge on any atom is 0.00683 e. The highest BCUT2D eigenvalue weighted by Gasteiger charge is 2.30. The average molecular weight is 285 g/mol. The molecule has 1 N–H and O–H groups in total. The predicted octanol–water partition coefficient (Wildman–Crippen LogP) is 4.81. The van der Waals surface area contributed by atoms with E-state index >= 15 is 0 Å². The van der Waals surface area contributed by atoms with Crippen molar-refractivity contribution in [1.29, 1.82) is 0 Å². The largest absolute Gasteiger partial charge is 0.314 e. The van der Waals surface area contributed by atoms with Crippen molar-refractivity contribution in [2.45, 2.75) is 64.3 Å². The lowest BCUT2D eigenvalue weighted by Crippen LogP contribution is -2.33. The zero-order valence-electron chi connectivity index (χ0n) is 13.6. The van der Waals surface area contributed by atoms with Crippen LogP contribution in [-0.2, 0) is 6.42 Å².